The van der Waals surface area contributed by atoms with E-state index in [2.05, 4.69) is 10.5 Å². The highest BCUT2D eigenvalue weighted by Gasteiger charge is 1.98. The largest absolute Gasteiger partial charge is 0.504 e. The number of nitrogens with one attached hydrogen (secondary N) is 1. The number of aromatic hydroxyl groups is 2. The molecule has 0 aliphatic heterocycles. The highest BCUT2D eigenvalue weighted by atomic mass is 35.5. The second-order valence-corrected chi connectivity index (χ2v) is 4.40. The van der Waals surface area contributed by atoms with Crippen molar-refractivity contribution < 1.29 is 10.2 Å². The van der Waals surface area contributed by atoms with Crippen LogP contribution in [0.3, 0.4) is 0 Å². The van der Waals surface area contributed by atoms with Gasteiger partial charge in [-0.1, -0.05) is 23.7 Å². The van der Waals surface area contributed by atoms with E-state index >= 15 is 0 Å². The van der Waals surface area contributed by atoms with E-state index in [-0.39, 0.29) is 11.5 Å². The molecule has 3 N–H and O–H groups in total. The van der Waals surface area contributed by atoms with Gasteiger partial charge in [-0.3, -0.25) is 0 Å². The number of phenolic OH excluding ortho intramolecular Hbond substituents is 2. The number of rotatable bonds is 4. The van der Waals surface area contributed by atoms with Crippen molar-refractivity contribution in [3.8, 4) is 11.5 Å². The quantitative estimate of drug-likeness (QED) is 0.457. The summed E-state index contributed by atoms with van der Waals surface area (Å²) in [5.74, 6) is -0.312. The zero-order valence-corrected chi connectivity index (χ0v) is 10.8. The summed E-state index contributed by atoms with van der Waals surface area (Å²) in [5, 5.41) is 23.2. The summed E-state index contributed by atoms with van der Waals surface area (Å²) < 4.78 is 0. The molecular formula is C14H13ClN2O2. The maximum Gasteiger partial charge on any atom is 0.158 e. The van der Waals surface area contributed by atoms with Crippen molar-refractivity contribution in [2.24, 2.45) is 5.10 Å². The van der Waals surface area contributed by atoms with Crippen molar-refractivity contribution in [3.63, 3.8) is 0 Å². The number of hydrogen-bond donors (Lipinski definition) is 3. The van der Waals surface area contributed by atoms with Crippen LogP contribution in [0, 0.1) is 0 Å². The summed E-state index contributed by atoms with van der Waals surface area (Å²) in [7, 11) is 0. The van der Waals surface area contributed by atoms with Crippen LogP contribution in [0.2, 0.25) is 5.02 Å². The van der Waals surface area contributed by atoms with Crippen molar-refractivity contribution in [1.29, 1.82) is 0 Å². The van der Waals surface area contributed by atoms with E-state index in [9.17, 15) is 5.11 Å². The number of hydrogen-bond acceptors (Lipinski definition) is 4. The lowest BCUT2D eigenvalue weighted by Crippen LogP contribution is -2.05. The molecule has 0 aliphatic carbocycles. The molecule has 0 saturated heterocycles. The summed E-state index contributed by atoms with van der Waals surface area (Å²) in [5.41, 5.74) is 4.64. The van der Waals surface area contributed by atoms with Gasteiger partial charge in [-0.25, -0.2) is 0 Å². The molecule has 2 aromatic rings. The smallest absolute Gasteiger partial charge is 0.158 e. The fourth-order valence-corrected chi connectivity index (χ4v) is 1.61. The van der Waals surface area contributed by atoms with Crippen molar-refractivity contribution in [1.82, 2.24) is 5.43 Å². The minimum atomic E-state index is -0.165. The molecule has 98 valence electrons. The number of hydrazone groups is 1. The Morgan fingerprint density at radius 2 is 1.79 bits per heavy atom. The van der Waals surface area contributed by atoms with E-state index in [4.69, 9.17) is 16.7 Å². The Labute approximate surface area is 116 Å². The van der Waals surface area contributed by atoms with Crippen molar-refractivity contribution in [2.75, 3.05) is 0 Å². The first-order valence-electron chi connectivity index (χ1n) is 5.67. The fourth-order valence-electron chi connectivity index (χ4n) is 1.48. The maximum absolute atomic E-state index is 9.32. The van der Waals surface area contributed by atoms with Gasteiger partial charge in [-0.15, -0.1) is 0 Å². The van der Waals surface area contributed by atoms with Gasteiger partial charge in [0.25, 0.3) is 0 Å². The first-order chi connectivity index (χ1) is 9.15. The lowest BCUT2D eigenvalue weighted by molar-refractivity contribution is 0.403. The van der Waals surface area contributed by atoms with Gasteiger partial charge in [0.15, 0.2) is 11.5 Å². The van der Waals surface area contributed by atoms with Gasteiger partial charge in [0.2, 0.25) is 0 Å². The zero-order chi connectivity index (χ0) is 13.7. The average molecular weight is 277 g/mol. The van der Waals surface area contributed by atoms with Gasteiger partial charge in [0, 0.05) is 5.02 Å². The summed E-state index contributed by atoms with van der Waals surface area (Å²) in [6.45, 7) is 0.581. The van der Waals surface area contributed by atoms with Gasteiger partial charge in [0.1, 0.15) is 0 Å². The monoisotopic (exact) mass is 276 g/mol. The predicted molar refractivity (Wildman–Crippen MR) is 75.7 cm³/mol. The molecule has 0 aromatic heterocycles. The highest BCUT2D eigenvalue weighted by Crippen LogP contribution is 2.23. The minimum Gasteiger partial charge on any atom is -0.504 e. The van der Waals surface area contributed by atoms with Gasteiger partial charge >= 0.3 is 0 Å². The Bertz CT molecular complexity index is 582. The van der Waals surface area contributed by atoms with E-state index in [1.54, 1.807) is 12.3 Å². The Balaban J connectivity index is 1.89. The molecule has 4 nitrogen and oxygen atoms in total. The third kappa shape index (κ3) is 3.89. The summed E-state index contributed by atoms with van der Waals surface area (Å²) in [6, 6.07) is 12.0. The van der Waals surface area contributed by atoms with Crippen molar-refractivity contribution in [2.45, 2.75) is 6.54 Å². The molecule has 0 heterocycles. The van der Waals surface area contributed by atoms with Gasteiger partial charge < -0.3 is 15.6 Å². The fraction of sp³-hybridized carbons (Fsp3) is 0.0714. The first kappa shape index (κ1) is 13.2. The summed E-state index contributed by atoms with van der Waals surface area (Å²) >= 11 is 5.79. The van der Waals surface area contributed by atoms with Crippen LogP contribution in [0.4, 0.5) is 0 Å². The van der Waals surface area contributed by atoms with Crippen LogP contribution in [0.25, 0.3) is 0 Å². The van der Waals surface area contributed by atoms with Crippen molar-refractivity contribution >= 4 is 17.8 Å². The van der Waals surface area contributed by atoms with Gasteiger partial charge in [-0.05, 0) is 41.5 Å². The van der Waals surface area contributed by atoms with E-state index in [1.165, 1.54) is 12.1 Å². The van der Waals surface area contributed by atoms with Crippen LogP contribution in [0.5, 0.6) is 11.5 Å². The molecule has 0 fully saturated rings. The second-order valence-electron chi connectivity index (χ2n) is 3.97. The molecule has 0 atom stereocenters. The topological polar surface area (TPSA) is 64.9 Å². The van der Waals surface area contributed by atoms with Crippen LogP contribution in [-0.2, 0) is 6.54 Å². The van der Waals surface area contributed by atoms with Crippen LogP contribution >= 0.6 is 11.6 Å². The molecule has 0 unspecified atom stereocenters. The van der Waals surface area contributed by atoms with Crippen LogP contribution in [-0.4, -0.2) is 16.4 Å². The molecule has 0 aliphatic rings. The molecule has 0 radical (unpaired) electrons. The molecule has 0 bridgehead atoms. The Morgan fingerprint density at radius 3 is 2.47 bits per heavy atom. The van der Waals surface area contributed by atoms with E-state index in [1.807, 2.05) is 24.3 Å². The minimum absolute atomic E-state index is 0.147. The Morgan fingerprint density at radius 1 is 1.05 bits per heavy atom. The van der Waals surface area contributed by atoms with Crippen LogP contribution in [0.1, 0.15) is 11.1 Å². The molecule has 2 rings (SSSR count). The summed E-state index contributed by atoms with van der Waals surface area (Å²) in [6.07, 6.45) is 1.56. The third-order valence-electron chi connectivity index (χ3n) is 2.50. The average Bonchev–Trinajstić information content (AvgIpc) is 2.41. The van der Waals surface area contributed by atoms with E-state index < -0.39 is 0 Å². The maximum atomic E-state index is 9.32. The molecule has 0 spiro atoms. The second kappa shape index (κ2) is 6.11. The van der Waals surface area contributed by atoms with Crippen LogP contribution < -0.4 is 5.43 Å². The standard InChI is InChI=1S/C14H13ClN2O2/c15-12-4-1-10(2-5-12)8-16-17-9-11-3-6-13(18)14(19)7-11/h1-7,9,16,18-19H,8H2/b17-9-. The van der Waals surface area contributed by atoms with E-state index in [0.29, 0.717) is 17.1 Å². The SMILES string of the molecule is Oc1ccc(/C=N\NCc2ccc(Cl)cc2)cc1O. The molecule has 2 aromatic carbocycles. The highest BCUT2D eigenvalue weighted by molar-refractivity contribution is 6.30. The predicted octanol–water partition coefficient (Wildman–Crippen LogP) is 2.87. The molecule has 0 amide bonds. The number of halogens is 1. The Hall–Kier alpha value is -2.20. The molecule has 0 saturated carbocycles. The van der Waals surface area contributed by atoms with Crippen LogP contribution in [0.15, 0.2) is 47.6 Å². The Kier molecular flexibility index (Phi) is 4.26. The van der Waals surface area contributed by atoms with Crippen molar-refractivity contribution in [3.05, 3.63) is 58.6 Å². The summed E-state index contributed by atoms with van der Waals surface area (Å²) in [4.78, 5) is 0. The number of phenols is 2. The lowest BCUT2D eigenvalue weighted by atomic mass is 10.2. The molecule has 19 heavy (non-hydrogen) atoms. The van der Waals surface area contributed by atoms with E-state index in [0.717, 1.165) is 5.56 Å². The number of benzene rings is 2. The molecule has 5 heteroatoms. The van der Waals surface area contributed by atoms with Gasteiger partial charge in [0.05, 0.1) is 12.8 Å². The lowest BCUT2D eigenvalue weighted by Gasteiger charge is -2.01. The normalized spacial score (nSPS) is 10.8. The third-order valence-corrected chi connectivity index (χ3v) is 2.75. The van der Waals surface area contributed by atoms with Gasteiger partial charge in [-0.2, -0.15) is 5.10 Å². The first-order valence-corrected chi connectivity index (χ1v) is 6.05. The number of nitrogens with zero attached hydrogens (tertiary/aromatic N) is 1. The zero-order valence-electron chi connectivity index (χ0n) is 10.0. The molecular weight excluding hydrogens is 264 g/mol.